The zero-order chi connectivity index (χ0) is 43.8. The number of hydrogen-bond donors (Lipinski definition) is 3. The predicted octanol–water partition coefficient (Wildman–Crippen LogP) is 14.3. The highest BCUT2D eigenvalue weighted by atomic mass is 16.5. The Morgan fingerprint density at radius 2 is 0.900 bits per heavy atom. The number of rotatable bonds is 41. The number of ether oxygens (including phenoxy) is 1. The van der Waals surface area contributed by atoms with Crippen LogP contribution in [0.15, 0.2) is 109 Å². The van der Waals surface area contributed by atoms with Crippen molar-refractivity contribution < 1.29 is 24.5 Å². The van der Waals surface area contributed by atoms with Gasteiger partial charge in [-0.15, -0.1) is 0 Å². The Morgan fingerprint density at radius 1 is 0.500 bits per heavy atom. The second-order valence-corrected chi connectivity index (χ2v) is 16.0. The van der Waals surface area contributed by atoms with Crippen molar-refractivity contribution in [1.29, 1.82) is 0 Å². The van der Waals surface area contributed by atoms with Crippen molar-refractivity contribution in [2.24, 2.45) is 0 Å². The molecule has 0 saturated carbocycles. The lowest BCUT2D eigenvalue weighted by atomic mass is 10.0. The maximum Gasteiger partial charge on any atom is 0.306 e. The first-order chi connectivity index (χ1) is 29.5. The van der Waals surface area contributed by atoms with E-state index in [9.17, 15) is 19.8 Å². The smallest absolute Gasteiger partial charge is 0.306 e. The lowest BCUT2D eigenvalue weighted by Gasteiger charge is -2.24. The minimum absolute atomic E-state index is 0.0157. The van der Waals surface area contributed by atoms with Crippen LogP contribution in [0.1, 0.15) is 194 Å². The number of aliphatic hydroxyl groups is 2. The minimum atomic E-state index is -0.817. The van der Waals surface area contributed by atoms with Crippen molar-refractivity contribution >= 4 is 11.9 Å². The second-order valence-electron chi connectivity index (χ2n) is 16.0. The van der Waals surface area contributed by atoms with Gasteiger partial charge in [0, 0.05) is 6.42 Å². The van der Waals surface area contributed by atoms with Crippen LogP contribution in [0.4, 0.5) is 0 Å². The topological polar surface area (TPSA) is 95.9 Å². The molecule has 0 radical (unpaired) electrons. The quantitative estimate of drug-likeness (QED) is 0.0324. The number of hydrogen-bond acceptors (Lipinski definition) is 5. The van der Waals surface area contributed by atoms with Gasteiger partial charge in [-0.1, -0.05) is 233 Å². The van der Waals surface area contributed by atoms with Gasteiger partial charge in [-0.2, -0.15) is 0 Å². The molecule has 0 saturated heterocycles. The number of esters is 1. The number of aliphatic hydroxyl groups excluding tert-OH is 2. The monoisotopic (exact) mass is 832 g/mol. The Hall–Kier alpha value is -3.48. The Kier molecular flexibility index (Phi) is 43.9. The van der Waals surface area contributed by atoms with Crippen LogP contribution in [-0.2, 0) is 14.3 Å². The fraction of sp³-hybridized carbons (Fsp3) is 0.630. The summed E-state index contributed by atoms with van der Waals surface area (Å²) in [5, 5.41) is 23.7. The molecule has 3 atom stereocenters. The van der Waals surface area contributed by atoms with Gasteiger partial charge in [0.05, 0.1) is 25.2 Å². The molecule has 6 heteroatoms. The Balaban J connectivity index is 4.74. The van der Waals surface area contributed by atoms with E-state index in [1.54, 1.807) is 0 Å². The molecule has 0 aliphatic heterocycles. The fourth-order valence-electron chi connectivity index (χ4n) is 6.71. The van der Waals surface area contributed by atoms with Crippen molar-refractivity contribution in [3.63, 3.8) is 0 Å². The van der Waals surface area contributed by atoms with Crippen LogP contribution in [0.3, 0.4) is 0 Å². The van der Waals surface area contributed by atoms with E-state index in [0.29, 0.717) is 19.3 Å². The van der Waals surface area contributed by atoms with Gasteiger partial charge in [0.1, 0.15) is 6.10 Å². The van der Waals surface area contributed by atoms with Gasteiger partial charge in [0.25, 0.3) is 0 Å². The molecular weight excluding hydrogens is 743 g/mol. The third kappa shape index (κ3) is 41.3. The molecule has 0 aromatic heterocycles. The van der Waals surface area contributed by atoms with Crippen molar-refractivity contribution in [3.05, 3.63) is 109 Å². The van der Waals surface area contributed by atoms with Gasteiger partial charge in [-0.25, -0.2) is 0 Å². The van der Waals surface area contributed by atoms with Crippen LogP contribution in [-0.4, -0.2) is 46.9 Å². The Labute approximate surface area is 368 Å². The molecule has 0 rings (SSSR count). The molecule has 0 fully saturated rings. The third-order valence-corrected chi connectivity index (χ3v) is 10.3. The van der Waals surface area contributed by atoms with E-state index in [2.05, 4.69) is 50.4 Å². The summed E-state index contributed by atoms with van der Waals surface area (Å²) in [5.41, 5.74) is 0. The predicted molar refractivity (Wildman–Crippen MR) is 259 cm³/mol. The molecule has 340 valence electrons. The summed E-state index contributed by atoms with van der Waals surface area (Å²) in [5.74, 6) is -0.613. The number of allylic oxidation sites excluding steroid dienone is 18. The molecule has 3 N–H and O–H groups in total. The van der Waals surface area contributed by atoms with Crippen molar-refractivity contribution in [3.8, 4) is 0 Å². The molecule has 0 aliphatic carbocycles. The first-order valence-corrected chi connectivity index (χ1v) is 24.2. The van der Waals surface area contributed by atoms with Gasteiger partial charge >= 0.3 is 5.97 Å². The summed E-state index contributed by atoms with van der Waals surface area (Å²) in [6.45, 7) is 6.15. The summed E-state index contributed by atoms with van der Waals surface area (Å²) in [6, 6.07) is -0.736. The number of nitrogens with one attached hydrogen (secondary N) is 1. The van der Waals surface area contributed by atoms with Crippen molar-refractivity contribution in [2.75, 3.05) is 6.61 Å². The lowest BCUT2D eigenvalue weighted by molar-refractivity contribution is -0.151. The minimum Gasteiger partial charge on any atom is -0.462 e. The van der Waals surface area contributed by atoms with E-state index >= 15 is 0 Å². The normalized spacial score (nSPS) is 14.3. The molecule has 3 unspecified atom stereocenters. The van der Waals surface area contributed by atoms with Gasteiger partial charge in [-0.05, 0) is 57.8 Å². The number of carbonyl (C=O) groups excluding carboxylic acids is 2. The largest absolute Gasteiger partial charge is 0.462 e. The number of carbonyl (C=O) groups is 2. The number of amides is 1. The SMILES string of the molecule is CC/C=C/C=C/C=C\C=C/C=C/CCCC(=O)OC(CCCCC\C=C/C=C/C=C/C=C/CC)CC(=O)NC(CO)C(O)CCCCCCCCCCCCCCCCC. The summed E-state index contributed by atoms with van der Waals surface area (Å²) >= 11 is 0. The molecule has 0 heterocycles. The Bertz CT molecular complexity index is 1250. The van der Waals surface area contributed by atoms with Crippen LogP contribution in [0, 0.1) is 0 Å². The molecule has 0 bridgehead atoms. The van der Waals surface area contributed by atoms with Crippen LogP contribution >= 0.6 is 0 Å². The summed E-state index contributed by atoms with van der Waals surface area (Å²) in [4.78, 5) is 26.0. The highest BCUT2D eigenvalue weighted by molar-refractivity contribution is 5.77. The summed E-state index contributed by atoms with van der Waals surface area (Å²) in [7, 11) is 0. The first-order valence-electron chi connectivity index (χ1n) is 24.2. The molecule has 1 amide bonds. The van der Waals surface area contributed by atoms with Gasteiger partial charge in [0.15, 0.2) is 0 Å². The van der Waals surface area contributed by atoms with Crippen LogP contribution in [0.5, 0.6) is 0 Å². The van der Waals surface area contributed by atoms with E-state index < -0.39 is 18.2 Å². The molecule has 60 heavy (non-hydrogen) atoms. The Morgan fingerprint density at radius 3 is 1.37 bits per heavy atom. The standard InChI is InChI=1S/C54H89NO5/c1-4-7-10-13-16-19-22-25-26-29-31-34-37-40-43-46-52(57)51(49-56)55-53(58)48-50(45-42-39-36-33-30-27-23-20-17-14-11-8-5-2)60-54(59)47-44-41-38-35-32-28-24-21-18-15-12-9-6-3/h8-9,11-12,14-15,17-18,20-21,23-24,27-28,30,32,35,38,50-52,56-57H,4-7,10,13,16,19,22,25-26,29,31,33-34,36-37,39-49H2,1-3H3,(H,55,58)/b11-8+,12-9+,17-14+,18-15+,23-20+,24-21-,30-27-,32-28-,38-35+. The van der Waals surface area contributed by atoms with Crippen LogP contribution in [0.25, 0.3) is 0 Å². The molecular formula is C54H89NO5. The first kappa shape index (κ1) is 56.5. The van der Waals surface area contributed by atoms with E-state index in [1.807, 2.05) is 85.1 Å². The molecule has 0 aliphatic rings. The van der Waals surface area contributed by atoms with Crippen molar-refractivity contribution in [1.82, 2.24) is 5.32 Å². The molecule has 0 spiro atoms. The molecule has 6 nitrogen and oxygen atoms in total. The second kappa shape index (κ2) is 46.6. The molecule has 0 aromatic carbocycles. The maximum atomic E-state index is 13.2. The lowest BCUT2D eigenvalue weighted by Crippen LogP contribution is -2.46. The average molecular weight is 832 g/mol. The summed E-state index contributed by atoms with van der Waals surface area (Å²) in [6.07, 6.45) is 62.9. The fourth-order valence-corrected chi connectivity index (χ4v) is 6.71. The van der Waals surface area contributed by atoms with Crippen molar-refractivity contribution in [2.45, 2.75) is 212 Å². The average Bonchev–Trinajstić information content (AvgIpc) is 3.24. The number of unbranched alkanes of at least 4 members (excludes halogenated alkanes) is 18. The van der Waals surface area contributed by atoms with E-state index in [-0.39, 0.29) is 31.3 Å². The van der Waals surface area contributed by atoms with Gasteiger partial charge in [0.2, 0.25) is 5.91 Å². The zero-order valence-electron chi connectivity index (χ0n) is 38.5. The molecule has 0 aromatic rings. The van der Waals surface area contributed by atoms with Gasteiger partial charge in [-0.3, -0.25) is 9.59 Å². The highest BCUT2D eigenvalue weighted by Crippen LogP contribution is 2.17. The van der Waals surface area contributed by atoms with E-state index in [0.717, 1.165) is 64.2 Å². The summed E-state index contributed by atoms with van der Waals surface area (Å²) < 4.78 is 5.85. The zero-order valence-corrected chi connectivity index (χ0v) is 38.5. The van der Waals surface area contributed by atoms with E-state index in [4.69, 9.17) is 4.74 Å². The van der Waals surface area contributed by atoms with Crippen LogP contribution < -0.4 is 5.32 Å². The third-order valence-electron chi connectivity index (χ3n) is 10.3. The van der Waals surface area contributed by atoms with E-state index in [1.165, 1.54) is 77.0 Å². The van der Waals surface area contributed by atoms with Gasteiger partial charge < -0.3 is 20.3 Å². The maximum absolute atomic E-state index is 13.2. The highest BCUT2D eigenvalue weighted by Gasteiger charge is 2.24. The van der Waals surface area contributed by atoms with Crippen LogP contribution in [0.2, 0.25) is 0 Å².